The first kappa shape index (κ1) is 14.4. The van der Waals surface area contributed by atoms with Crippen LogP contribution in [0.25, 0.3) is 0 Å². The maximum absolute atomic E-state index is 12.0. The summed E-state index contributed by atoms with van der Waals surface area (Å²) in [5.41, 5.74) is 0. The lowest BCUT2D eigenvalue weighted by molar-refractivity contribution is 0.511. The SMILES string of the molecule is CC(NS(=O)(=O)CCC1CCCC1)c1ncccn1. The van der Waals surface area contributed by atoms with Crippen LogP contribution in [-0.2, 0) is 10.0 Å². The Labute approximate surface area is 114 Å². The molecule has 0 bridgehead atoms. The highest BCUT2D eigenvalue weighted by molar-refractivity contribution is 7.89. The summed E-state index contributed by atoms with van der Waals surface area (Å²) >= 11 is 0. The van der Waals surface area contributed by atoms with Crippen molar-refractivity contribution in [3.05, 3.63) is 24.3 Å². The fourth-order valence-electron chi connectivity index (χ4n) is 2.54. The number of nitrogens with one attached hydrogen (secondary N) is 1. The molecule has 0 radical (unpaired) electrons. The average molecular weight is 283 g/mol. The van der Waals surface area contributed by atoms with E-state index in [9.17, 15) is 8.42 Å². The van der Waals surface area contributed by atoms with E-state index in [1.54, 1.807) is 25.4 Å². The van der Waals surface area contributed by atoms with E-state index in [1.165, 1.54) is 25.7 Å². The zero-order valence-electron chi connectivity index (χ0n) is 11.2. The molecule has 1 aliphatic carbocycles. The lowest BCUT2D eigenvalue weighted by Crippen LogP contribution is -2.30. The van der Waals surface area contributed by atoms with Gasteiger partial charge < -0.3 is 0 Å². The molecule has 1 fully saturated rings. The number of nitrogens with zero attached hydrogens (tertiary/aromatic N) is 2. The Bertz CT molecular complexity index is 484. The zero-order chi connectivity index (χ0) is 13.7. The molecule has 0 aromatic carbocycles. The molecule has 0 spiro atoms. The molecule has 19 heavy (non-hydrogen) atoms. The van der Waals surface area contributed by atoms with Crippen LogP contribution in [0.3, 0.4) is 0 Å². The van der Waals surface area contributed by atoms with Gasteiger partial charge in [0, 0.05) is 12.4 Å². The first-order chi connectivity index (χ1) is 9.07. The third kappa shape index (κ3) is 4.54. The standard InChI is InChI=1S/C13H21N3O2S/c1-11(13-14-8-4-9-15-13)16-19(17,18)10-7-12-5-2-3-6-12/h4,8-9,11-12,16H,2-3,5-7,10H2,1H3. The highest BCUT2D eigenvalue weighted by Gasteiger charge is 2.21. The summed E-state index contributed by atoms with van der Waals surface area (Å²) in [6, 6.07) is 1.33. The van der Waals surface area contributed by atoms with Crippen LogP contribution >= 0.6 is 0 Å². The lowest BCUT2D eigenvalue weighted by atomic mass is 10.1. The van der Waals surface area contributed by atoms with Gasteiger partial charge in [0.25, 0.3) is 0 Å². The van der Waals surface area contributed by atoms with E-state index < -0.39 is 10.0 Å². The fourth-order valence-corrected chi connectivity index (χ4v) is 3.94. The molecular formula is C13H21N3O2S. The van der Waals surface area contributed by atoms with Crippen molar-refractivity contribution in [3.8, 4) is 0 Å². The van der Waals surface area contributed by atoms with Crippen LogP contribution in [0.5, 0.6) is 0 Å². The van der Waals surface area contributed by atoms with Crippen molar-refractivity contribution >= 4 is 10.0 Å². The van der Waals surface area contributed by atoms with Gasteiger partial charge in [0.1, 0.15) is 5.82 Å². The number of hydrogen-bond acceptors (Lipinski definition) is 4. The van der Waals surface area contributed by atoms with E-state index in [2.05, 4.69) is 14.7 Å². The summed E-state index contributed by atoms with van der Waals surface area (Å²) in [6.07, 6.45) is 8.83. The minimum Gasteiger partial charge on any atom is -0.240 e. The minimum absolute atomic E-state index is 0.203. The second kappa shape index (κ2) is 6.43. The summed E-state index contributed by atoms with van der Waals surface area (Å²) in [7, 11) is -3.25. The summed E-state index contributed by atoms with van der Waals surface area (Å²) < 4.78 is 26.7. The van der Waals surface area contributed by atoms with E-state index in [1.807, 2.05) is 0 Å². The monoisotopic (exact) mass is 283 g/mol. The maximum atomic E-state index is 12.0. The molecule has 0 saturated heterocycles. The van der Waals surface area contributed by atoms with Crippen LogP contribution < -0.4 is 4.72 Å². The average Bonchev–Trinajstić information content (AvgIpc) is 2.90. The Morgan fingerprint density at radius 2 is 1.95 bits per heavy atom. The van der Waals surface area contributed by atoms with Crippen LogP contribution in [0.2, 0.25) is 0 Å². The van der Waals surface area contributed by atoms with Crippen molar-refractivity contribution in [3.63, 3.8) is 0 Å². The van der Waals surface area contributed by atoms with Crippen LogP contribution in [0.4, 0.5) is 0 Å². The molecule has 1 heterocycles. The largest absolute Gasteiger partial charge is 0.240 e. The van der Waals surface area contributed by atoms with Crippen molar-refractivity contribution in [1.82, 2.24) is 14.7 Å². The second-order valence-electron chi connectivity index (χ2n) is 5.20. The summed E-state index contributed by atoms with van der Waals surface area (Å²) in [5, 5.41) is 0. The van der Waals surface area contributed by atoms with Crippen molar-refractivity contribution in [1.29, 1.82) is 0 Å². The Hall–Kier alpha value is -1.01. The molecule has 0 amide bonds. The molecule has 0 aliphatic heterocycles. The van der Waals surface area contributed by atoms with Gasteiger partial charge in [-0.15, -0.1) is 0 Å². The molecule has 1 N–H and O–H groups in total. The molecule has 1 aromatic heterocycles. The highest BCUT2D eigenvalue weighted by atomic mass is 32.2. The van der Waals surface area contributed by atoms with Gasteiger partial charge in [-0.25, -0.2) is 23.1 Å². The molecular weight excluding hydrogens is 262 g/mol. The topological polar surface area (TPSA) is 72.0 Å². The third-order valence-electron chi connectivity index (χ3n) is 3.60. The Morgan fingerprint density at radius 1 is 1.32 bits per heavy atom. The van der Waals surface area contributed by atoms with Gasteiger partial charge in [0.15, 0.2) is 0 Å². The van der Waals surface area contributed by atoms with Crippen molar-refractivity contribution < 1.29 is 8.42 Å². The highest BCUT2D eigenvalue weighted by Crippen LogP contribution is 2.27. The number of hydrogen-bond donors (Lipinski definition) is 1. The van der Waals surface area contributed by atoms with Crippen LogP contribution in [-0.4, -0.2) is 24.1 Å². The van der Waals surface area contributed by atoms with Crippen molar-refractivity contribution in [2.24, 2.45) is 5.92 Å². The Kier molecular flexibility index (Phi) is 4.87. The van der Waals surface area contributed by atoms with Crippen LogP contribution in [0.15, 0.2) is 18.5 Å². The Balaban J connectivity index is 1.86. The number of sulfonamides is 1. The minimum atomic E-state index is -3.25. The van der Waals surface area contributed by atoms with Gasteiger partial charge in [-0.1, -0.05) is 25.7 Å². The summed E-state index contributed by atoms with van der Waals surface area (Å²) in [6.45, 7) is 1.77. The molecule has 1 aromatic rings. The molecule has 5 nitrogen and oxygen atoms in total. The normalized spacial score (nSPS) is 18.6. The molecule has 1 saturated carbocycles. The van der Waals surface area contributed by atoms with Gasteiger partial charge >= 0.3 is 0 Å². The third-order valence-corrected chi connectivity index (χ3v) is 5.08. The van der Waals surface area contributed by atoms with E-state index >= 15 is 0 Å². The molecule has 1 atom stereocenters. The van der Waals surface area contributed by atoms with E-state index in [4.69, 9.17) is 0 Å². The predicted molar refractivity (Wildman–Crippen MR) is 73.9 cm³/mol. The molecule has 1 unspecified atom stereocenters. The van der Waals surface area contributed by atoms with Gasteiger partial charge in [0.05, 0.1) is 11.8 Å². The first-order valence-corrected chi connectivity index (χ1v) is 8.49. The number of rotatable bonds is 6. The first-order valence-electron chi connectivity index (χ1n) is 6.84. The molecule has 6 heteroatoms. The quantitative estimate of drug-likeness (QED) is 0.867. The van der Waals surface area contributed by atoms with Crippen LogP contribution in [0, 0.1) is 5.92 Å². The number of aromatic nitrogens is 2. The predicted octanol–water partition coefficient (Wildman–Crippen LogP) is 2.04. The van der Waals surface area contributed by atoms with E-state index in [0.29, 0.717) is 11.7 Å². The molecule has 2 rings (SSSR count). The zero-order valence-corrected chi connectivity index (χ0v) is 12.1. The lowest BCUT2D eigenvalue weighted by Gasteiger charge is -2.14. The van der Waals surface area contributed by atoms with Crippen molar-refractivity contribution in [2.75, 3.05) is 5.75 Å². The van der Waals surface area contributed by atoms with Crippen molar-refractivity contribution in [2.45, 2.75) is 45.1 Å². The van der Waals surface area contributed by atoms with E-state index in [0.717, 1.165) is 6.42 Å². The second-order valence-corrected chi connectivity index (χ2v) is 7.08. The Morgan fingerprint density at radius 3 is 2.58 bits per heavy atom. The summed E-state index contributed by atoms with van der Waals surface area (Å²) in [4.78, 5) is 8.12. The fraction of sp³-hybridized carbons (Fsp3) is 0.692. The van der Waals surface area contributed by atoms with Gasteiger partial charge in [0.2, 0.25) is 10.0 Å². The van der Waals surface area contributed by atoms with Gasteiger partial charge in [-0.05, 0) is 25.3 Å². The summed E-state index contributed by atoms with van der Waals surface area (Å²) in [5.74, 6) is 1.29. The van der Waals surface area contributed by atoms with E-state index in [-0.39, 0.29) is 11.8 Å². The van der Waals surface area contributed by atoms with Crippen LogP contribution in [0.1, 0.15) is 50.9 Å². The molecule has 106 valence electrons. The van der Waals surface area contributed by atoms with Gasteiger partial charge in [-0.2, -0.15) is 0 Å². The smallest absolute Gasteiger partial charge is 0.212 e. The maximum Gasteiger partial charge on any atom is 0.212 e. The molecule has 1 aliphatic rings. The van der Waals surface area contributed by atoms with Gasteiger partial charge in [-0.3, -0.25) is 0 Å².